The number of halogens is 1. The Kier molecular flexibility index (Phi) is 4.64. The van der Waals surface area contributed by atoms with Gasteiger partial charge in [0.15, 0.2) is 10.9 Å². The Bertz CT molecular complexity index is 875. The molecule has 122 valence electrons. The summed E-state index contributed by atoms with van der Waals surface area (Å²) in [4.78, 5) is 21.1. The largest absolute Gasteiger partial charge is 0.396 e. The number of hydrogen-bond donors (Lipinski definition) is 3. The lowest BCUT2D eigenvalue weighted by Crippen LogP contribution is -2.11. The van der Waals surface area contributed by atoms with Crippen LogP contribution < -0.4 is 16.4 Å². The fourth-order valence-electron chi connectivity index (χ4n) is 2.03. The van der Waals surface area contributed by atoms with E-state index >= 15 is 0 Å². The Morgan fingerprint density at radius 2 is 2.08 bits per heavy atom. The number of amides is 1. The average molecular weight is 360 g/mol. The number of thiazole rings is 1. The Hall–Kier alpha value is -2.64. The van der Waals surface area contributed by atoms with Crippen molar-refractivity contribution in [3.05, 3.63) is 58.2 Å². The summed E-state index contributed by atoms with van der Waals surface area (Å²) in [6.07, 6.45) is 3.12. The van der Waals surface area contributed by atoms with E-state index in [1.54, 1.807) is 24.4 Å². The van der Waals surface area contributed by atoms with Crippen molar-refractivity contribution in [1.82, 2.24) is 9.97 Å². The number of pyridine rings is 1. The van der Waals surface area contributed by atoms with Gasteiger partial charge < -0.3 is 16.4 Å². The zero-order chi connectivity index (χ0) is 17.1. The summed E-state index contributed by atoms with van der Waals surface area (Å²) < 4.78 is 0. The van der Waals surface area contributed by atoms with Crippen molar-refractivity contribution in [2.24, 2.45) is 0 Å². The minimum Gasteiger partial charge on any atom is -0.396 e. The van der Waals surface area contributed by atoms with Crippen molar-refractivity contribution in [3.8, 4) is 0 Å². The van der Waals surface area contributed by atoms with E-state index < -0.39 is 0 Å². The lowest BCUT2D eigenvalue weighted by Gasteiger charge is -2.08. The maximum Gasteiger partial charge on any atom is 0.267 e. The van der Waals surface area contributed by atoms with E-state index in [0.717, 1.165) is 5.56 Å². The number of hydrogen-bond acceptors (Lipinski definition) is 6. The topological polar surface area (TPSA) is 92.9 Å². The van der Waals surface area contributed by atoms with Gasteiger partial charge in [-0.15, -0.1) is 0 Å². The van der Waals surface area contributed by atoms with Crippen LogP contribution >= 0.6 is 22.9 Å². The van der Waals surface area contributed by atoms with Crippen LogP contribution in [0, 0.1) is 6.92 Å². The minimum absolute atomic E-state index is 0.272. The lowest BCUT2D eigenvalue weighted by molar-refractivity contribution is 0.103. The van der Waals surface area contributed by atoms with Crippen molar-refractivity contribution in [1.29, 1.82) is 0 Å². The molecule has 0 spiro atoms. The highest BCUT2D eigenvalue weighted by atomic mass is 35.5. The quantitative estimate of drug-likeness (QED) is 0.652. The fourth-order valence-corrected chi connectivity index (χ4v) is 3.01. The van der Waals surface area contributed by atoms with Crippen molar-refractivity contribution >= 4 is 51.2 Å². The third-order valence-electron chi connectivity index (χ3n) is 3.25. The molecule has 1 aromatic carbocycles. The zero-order valence-corrected chi connectivity index (χ0v) is 14.3. The van der Waals surface area contributed by atoms with Gasteiger partial charge >= 0.3 is 0 Å². The summed E-state index contributed by atoms with van der Waals surface area (Å²) in [5.74, 6) is 0.228. The van der Waals surface area contributed by atoms with Crippen LogP contribution in [0.25, 0.3) is 0 Å². The molecule has 0 atom stereocenters. The molecule has 0 saturated heterocycles. The number of nitrogen functional groups attached to an aromatic ring is 1. The highest BCUT2D eigenvalue weighted by Crippen LogP contribution is 2.28. The van der Waals surface area contributed by atoms with Gasteiger partial charge in [-0.3, -0.25) is 4.79 Å². The third-order valence-corrected chi connectivity index (χ3v) is 4.48. The predicted molar refractivity (Wildman–Crippen MR) is 98.2 cm³/mol. The minimum atomic E-state index is -0.272. The van der Waals surface area contributed by atoms with Gasteiger partial charge in [0.1, 0.15) is 4.88 Å². The number of carbonyl (C=O) groups excluding carboxylic acids is 1. The number of aryl methyl sites for hydroxylation is 1. The van der Waals surface area contributed by atoms with E-state index in [1.165, 1.54) is 17.5 Å². The summed E-state index contributed by atoms with van der Waals surface area (Å²) in [5.41, 5.74) is 7.82. The number of nitrogens with zero attached hydrogens (tertiary/aromatic N) is 2. The van der Waals surface area contributed by atoms with Crippen LogP contribution in [0.5, 0.6) is 0 Å². The molecule has 0 aliphatic carbocycles. The number of aromatic nitrogens is 2. The van der Waals surface area contributed by atoms with E-state index in [4.69, 9.17) is 17.3 Å². The Labute approximate surface area is 147 Å². The van der Waals surface area contributed by atoms with E-state index in [9.17, 15) is 4.79 Å². The van der Waals surface area contributed by atoms with Crippen LogP contribution in [0.3, 0.4) is 0 Å². The first kappa shape index (κ1) is 16.2. The Morgan fingerprint density at radius 1 is 1.25 bits per heavy atom. The molecule has 3 aromatic rings. The second-order valence-corrected chi connectivity index (χ2v) is 6.42. The summed E-state index contributed by atoms with van der Waals surface area (Å²) in [6.45, 7) is 1.88. The third kappa shape index (κ3) is 3.47. The van der Waals surface area contributed by atoms with Gasteiger partial charge in [-0.25, -0.2) is 9.97 Å². The molecule has 2 aromatic heterocycles. The molecular weight excluding hydrogens is 346 g/mol. The normalized spacial score (nSPS) is 10.4. The highest BCUT2D eigenvalue weighted by molar-refractivity contribution is 7.17. The lowest BCUT2D eigenvalue weighted by atomic mass is 10.2. The van der Waals surface area contributed by atoms with E-state index in [1.807, 2.05) is 19.1 Å². The SMILES string of the molecule is Cc1cccc(Cl)c1NC(=O)c1cnc(Nc2ncccc2N)s1. The van der Waals surface area contributed by atoms with E-state index in [-0.39, 0.29) is 5.91 Å². The molecular formula is C16H14ClN5OS. The maximum absolute atomic E-state index is 12.4. The van der Waals surface area contributed by atoms with Crippen molar-refractivity contribution in [3.63, 3.8) is 0 Å². The molecule has 0 fully saturated rings. The molecule has 24 heavy (non-hydrogen) atoms. The second kappa shape index (κ2) is 6.86. The zero-order valence-electron chi connectivity index (χ0n) is 12.7. The van der Waals surface area contributed by atoms with E-state index in [0.29, 0.717) is 32.2 Å². The molecule has 3 rings (SSSR count). The summed E-state index contributed by atoms with van der Waals surface area (Å²) in [6, 6.07) is 8.92. The van der Waals surface area contributed by atoms with Crippen molar-refractivity contribution in [2.45, 2.75) is 6.92 Å². The molecule has 0 radical (unpaired) electrons. The molecule has 0 aliphatic heterocycles. The first-order chi connectivity index (χ1) is 11.5. The number of carbonyl (C=O) groups is 1. The molecule has 6 nitrogen and oxygen atoms in total. The standard InChI is InChI=1S/C16H14ClN5OS/c1-9-4-2-5-10(17)13(9)21-15(23)12-8-20-16(24-12)22-14-11(18)6-3-7-19-14/h2-8H,18H2,1H3,(H,21,23)(H,19,20,22). The smallest absolute Gasteiger partial charge is 0.267 e. The Balaban J connectivity index is 1.76. The van der Waals surface area contributed by atoms with Crippen molar-refractivity contribution < 1.29 is 4.79 Å². The number of benzene rings is 1. The first-order valence-electron chi connectivity index (χ1n) is 7.04. The molecule has 0 aliphatic rings. The molecule has 0 unspecified atom stereocenters. The number of para-hydroxylation sites is 1. The molecule has 0 saturated carbocycles. The highest BCUT2D eigenvalue weighted by Gasteiger charge is 2.14. The van der Waals surface area contributed by atoms with Gasteiger partial charge in [-0.2, -0.15) is 0 Å². The second-order valence-electron chi connectivity index (χ2n) is 4.98. The van der Waals surface area contributed by atoms with Crippen LogP contribution in [0.2, 0.25) is 5.02 Å². The number of rotatable bonds is 4. The fraction of sp³-hybridized carbons (Fsp3) is 0.0625. The molecule has 4 N–H and O–H groups in total. The van der Waals surface area contributed by atoms with Gasteiger partial charge in [-0.1, -0.05) is 35.1 Å². The van der Waals surface area contributed by atoms with Gasteiger partial charge in [-0.05, 0) is 30.7 Å². The predicted octanol–water partition coefficient (Wildman–Crippen LogP) is 4.08. The van der Waals surface area contributed by atoms with Gasteiger partial charge in [0.2, 0.25) is 0 Å². The summed E-state index contributed by atoms with van der Waals surface area (Å²) in [7, 11) is 0. The first-order valence-corrected chi connectivity index (χ1v) is 8.24. The van der Waals surface area contributed by atoms with Crippen LogP contribution in [-0.4, -0.2) is 15.9 Å². The molecule has 0 bridgehead atoms. The van der Waals surface area contributed by atoms with Gasteiger partial charge in [0, 0.05) is 6.20 Å². The number of anilines is 4. The maximum atomic E-state index is 12.4. The van der Waals surface area contributed by atoms with E-state index in [2.05, 4.69) is 20.6 Å². The van der Waals surface area contributed by atoms with Crippen LogP contribution in [-0.2, 0) is 0 Å². The monoisotopic (exact) mass is 359 g/mol. The summed E-state index contributed by atoms with van der Waals surface area (Å²) >= 11 is 7.33. The number of nitrogens with one attached hydrogen (secondary N) is 2. The van der Waals surface area contributed by atoms with Crippen LogP contribution in [0.15, 0.2) is 42.7 Å². The van der Waals surface area contributed by atoms with Crippen molar-refractivity contribution in [2.75, 3.05) is 16.4 Å². The number of nitrogens with two attached hydrogens (primary N) is 1. The average Bonchev–Trinajstić information content (AvgIpc) is 3.02. The molecule has 2 heterocycles. The molecule has 1 amide bonds. The molecule has 8 heteroatoms. The Morgan fingerprint density at radius 3 is 2.83 bits per heavy atom. The summed E-state index contributed by atoms with van der Waals surface area (Å²) in [5, 5.41) is 6.84. The van der Waals surface area contributed by atoms with Gasteiger partial charge in [0.05, 0.1) is 22.6 Å². The van der Waals surface area contributed by atoms with Crippen LogP contribution in [0.1, 0.15) is 15.2 Å². The van der Waals surface area contributed by atoms with Crippen LogP contribution in [0.4, 0.5) is 22.3 Å². The van der Waals surface area contributed by atoms with Gasteiger partial charge in [0.25, 0.3) is 5.91 Å².